The van der Waals surface area contributed by atoms with E-state index in [1.54, 1.807) is 0 Å². The van der Waals surface area contributed by atoms with Crippen LogP contribution in [0.5, 0.6) is 0 Å². The predicted octanol–water partition coefficient (Wildman–Crippen LogP) is 3.57. The first-order valence-corrected chi connectivity index (χ1v) is 8.35. The monoisotopic (exact) mass is 282 g/mol. The van der Waals surface area contributed by atoms with Crippen LogP contribution in [0.15, 0.2) is 0 Å². The highest BCUT2D eigenvalue weighted by molar-refractivity contribution is 5.76. The van der Waals surface area contributed by atoms with Crippen LogP contribution < -0.4 is 5.73 Å². The fourth-order valence-corrected chi connectivity index (χ4v) is 3.17. The van der Waals surface area contributed by atoms with Crippen LogP contribution in [0.3, 0.4) is 0 Å². The lowest BCUT2D eigenvalue weighted by atomic mass is 9.84. The number of hydrogen-bond donors (Lipinski definition) is 1. The van der Waals surface area contributed by atoms with Gasteiger partial charge in [-0.25, -0.2) is 0 Å². The van der Waals surface area contributed by atoms with E-state index >= 15 is 0 Å². The van der Waals surface area contributed by atoms with Gasteiger partial charge in [-0.1, -0.05) is 40.5 Å². The Bertz CT molecular complexity index is 293. The highest BCUT2D eigenvalue weighted by Crippen LogP contribution is 2.29. The van der Waals surface area contributed by atoms with Gasteiger partial charge < -0.3 is 10.6 Å². The molecule has 20 heavy (non-hydrogen) atoms. The maximum Gasteiger partial charge on any atom is 0.222 e. The molecular weight excluding hydrogens is 248 g/mol. The van der Waals surface area contributed by atoms with Crippen LogP contribution in [-0.4, -0.2) is 29.9 Å². The van der Waals surface area contributed by atoms with Crippen LogP contribution >= 0.6 is 0 Å². The van der Waals surface area contributed by atoms with Gasteiger partial charge in [-0.2, -0.15) is 0 Å². The molecule has 1 saturated carbocycles. The fraction of sp³-hybridized carbons (Fsp3) is 0.941. The molecule has 0 saturated heterocycles. The molecule has 118 valence electrons. The first-order chi connectivity index (χ1) is 9.35. The maximum atomic E-state index is 12.6. The van der Waals surface area contributed by atoms with Crippen LogP contribution in [0, 0.1) is 11.3 Å². The van der Waals surface area contributed by atoms with Crippen molar-refractivity contribution in [2.75, 3.05) is 13.1 Å². The van der Waals surface area contributed by atoms with Gasteiger partial charge in [-0.3, -0.25) is 4.79 Å². The van der Waals surface area contributed by atoms with Crippen LogP contribution in [0.4, 0.5) is 0 Å². The standard InChI is InChI=1S/C17H34N2O/c1-14(2)13-19(15-7-5-6-8-15)16(20)9-10-17(3,4)11-12-18/h14-15H,5-13,18H2,1-4H3. The van der Waals surface area contributed by atoms with E-state index in [-0.39, 0.29) is 5.41 Å². The summed E-state index contributed by atoms with van der Waals surface area (Å²) in [5, 5.41) is 0. The zero-order valence-corrected chi connectivity index (χ0v) is 14.0. The van der Waals surface area contributed by atoms with E-state index in [9.17, 15) is 4.79 Å². The minimum atomic E-state index is 0.184. The summed E-state index contributed by atoms with van der Waals surface area (Å²) < 4.78 is 0. The van der Waals surface area contributed by atoms with Crippen LogP contribution in [0.1, 0.15) is 72.6 Å². The molecule has 0 bridgehead atoms. The van der Waals surface area contributed by atoms with Crippen LogP contribution in [-0.2, 0) is 4.79 Å². The third kappa shape index (κ3) is 5.82. The van der Waals surface area contributed by atoms with Crippen molar-refractivity contribution in [3.8, 4) is 0 Å². The van der Waals surface area contributed by atoms with Gasteiger partial charge in [0.1, 0.15) is 0 Å². The molecule has 0 radical (unpaired) electrons. The molecule has 0 aromatic rings. The molecule has 0 aliphatic heterocycles. The molecule has 1 rings (SSSR count). The first-order valence-electron chi connectivity index (χ1n) is 8.35. The van der Waals surface area contributed by atoms with Crippen molar-refractivity contribution >= 4 is 5.91 Å². The van der Waals surface area contributed by atoms with Crippen molar-refractivity contribution in [1.29, 1.82) is 0 Å². The van der Waals surface area contributed by atoms with Gasteiger partial charge in [0.15, 0.2) is 0 Å². The average molecular weight is 282 g/mol. The van der Waals surface area contributed by atoms with Gasteiger partial charge in [0.05, 0.1) is 0 Å². The molecule has 2 N–H and O–H groups in total. The van der Waals surface area contributed by atoms with E-state index < -0.39 is 0 Å². The molecule has 0 spiro atoms. The Morgan fingerprint density at radius 3 is 2.35 bits per heavy atom. The molecule has 0 aromatic carbocycles. The number of nitrogens with zero attached hydrogens (tertiary/aromatic N) is 1. The minimum absolute atomic E-state index is 0.184. The van der Waals surface area contributed by atoms with Crippen molar-refractivity contribution in [1.82, 2.24) is 4.90 Å². The Labute approximate surface area is 125 Å². The zero-order chi connectivity index (χ0) is 15.2. The van der Waals surface area contributed by atoms with Crippen LogP contribution in [0.2, 0.25) is 0 Å². The Morgan fingerprint density at radius 2 is 1.85 bits per heavy atom. The van der Waals surface area contributed by atoms with Crippen molar-refractivity contribution in [2.24, 2.45) is 17.1 Å². The zero-order valence-electron chi connectivity index (χ0n) is 14.0. The summed E-state index contributed by atoms with van der Waals surface area (Å²) in [7, 11) is 0. The first kappa shape index (κ1) is 17.5. The second-order valence-electron chi connectivity index (χ2n) is 7.58. The SMILES string of the molecule is CC(C)CN(C(=O)CCC(C)(C)CCN)C1CCCC1. The number of nitrogens with two attached hydrogens (primary N) is 1. The van der Waals surface area contributed by atoms with E-state index in [4.69, 9.17) is 5.73 Å². The number of amides is 1. The summed E-state index contributed by atoms with van der Waals surface area (Å²) in [6.07, 6.45) is 7.58. The quantitative estimate of drug-likeness (QED) is 0.740. The summed E-state index contributed by atoms with van der Waals surface area (Å²) in [4.78, 5) is 14.8. The lowest BCUT2D eigenvalue weighted by Gasteiger charge is -2.32. The second kappa shape index (κ2) is 8.02. The molecule has 1 aliphatic rings. The molecule has 0 heterocycles. The van der Waals surface area contributed by atoms with Gasteiger partial charge in [-0.05, 0) is 43.6 Å². The molecular formula is C17H34N2O. The third-order valence-corrected chi connectivity index (χ3v) is 4.48. The Morgan fingerprint density at radius 1 is 1.25 bits per heavy atom. The highest BCUT2D eigenvalue weighted by Gasteiger charge is 2.28. The Balaban J connectivity index is 2.54. The normalized spacial score (nSPS) is 16.9. The predicted molar refractivity (Wildman–Crippen MR) is 85.5 cm³/mol. The van der Waals surface area contributed by atoms with E-state index in [0.29, 0.717) is 30.8 Å². The van der Waals surface area contributed by atoms with E-state index in [1.165, 1.54) is 25.7 Å². The summed E-state index contributed by atoms with van der Waals surface area (Å²) in [6.45, 7) is 10.5. The van der Waals surface area contributed by atoms with E-state index in [0.717, 1.165) is 19.4 Å². The topological polar surface area (TPSA) is 46.3 Å². The Kier molecular flexibility index (Phi) is 7.01. The maximum absolute atomic E-state index is 12.6. The third-order valence-electron chi connectivity index (χ3n) is 4.48. The summed E-state index contributed by atoms with van der Waals surface area (Å²) in [5.41, 5.74) is 5.84. The highest BCUT2D eigenvalue weighted by atomic mass is 16.2. The van der Waals surface area contributed by atoms with Crippen LogP contribution in [0.25, 0.3) is 0 Å². The van der Waals surface area contributed by atoms with Crippen molar-refractivity contribution in [3.05, 3.63) is 0 Å². The number of hydrogen-bond acceptors (Lipinski definition) is 2. The van der Waals surface area contributed by atoms with Gasteiger partial charge in [0, 0.05) is 19.0 Å². The molecule has 0 aromatic heterocycles. The van der Waals surface area contributed by atoms with Gasteiger partial charge in [-0.15, -0.1) is 0 Å². The molecule has 0 unspecified atom stereocenters. The molecule has 1 fully saturated rings. The van der Waals surface area contributed by atoms with Gasteiger partial charge >= 0.3 is 0 Å². The lowest BCUT2D eigenvalue weighted by molar-refractivity contribution is -0.134. The molecule has 3 nitrogen and oxygen atoms in total. The fourth-order valence-electron chi connectivity index (χ4n) is 3.17. The summed E-state index contributed by atoms with van der Waals surface area (Å²) in [5.74, 6) is 0.910. The van der Waals surface area contributed by atoms with Crippen molar-refractivity contribution < 1.29 is 4.79 Å². The summed E-state index contributed by atoms with van der Waals surface area (Å²) >= 11 is 0. The molecule has 1 aliphatic carbocycles. The molecule has 1 amide bonds. The largest absolute Gasteiger partial charge is 0.339 e. The smallest absolute Gasteiger partial charge is 0.222 e. The summed E-state index contributed by atoms with van der Waals surface area (Å²) in [6, 6.07) is 0.502. The lowest BCUT2D eigenvalue weighted by Crippen LogP contribution is -2.41. The van der Waals surface area contributed by atoms with Crippen molar-refractivity contribution in [3.63, 3.8) is 0 Å². The average Bonchev–Trinajstić information content (AvgIpc) is 2.86. The second-order valence-corrected chi connectivity index (χ2v) is 7.58. The number of rotatable bonds is 8. The van der Waals surface area contributed by atoms with E-state index in [1.807, 2.05) is 0 Å². The van der Waals surface area contributed by atoms with E-state index in [2.05, 4.69) is 32.6 Å². The van der Waals surface area contributed by atoms with Gasteiger partial charge in [0.2, 0.25) is 5.91 Å². The molecule has 0 atom stereocenters. The number of carbonyl (C=O) groups excluding carboxylic acids is 1. The number of carbonyl (C=O) groups is 1. The minimum Gasteiger partial charge on any atom is -0.339 e. The van der Waals surface area contributed by atoms with Gasteiger partial charge in [0.25, 0.3) is 0 Å². The Hall–Kier alpha value is -0.570. The van der Waals surface area contributed by atoms with Crippen molar-refractivity contribution in [2.45, 2.75) is 78.7 Å². The molecule has 3 heteroatoms.